The van der Waals surface area contributed by atoms with Crippen LogP contribution in [0.5, 0.6) is 5.75 Å². The van der Waals surface area contributed by atoms with Gasteiger partial charge in [0, 0.05) is 18.4 Å². The Kier molecular flexibility index (Phi) is 5.21. The van der Waals surface area contributed by atoms with Gasteiger partial charge in [-0.15, -0.1) is 0 Å². The largest absolute Gasteiger partial charge is 0.497 e. The number of hydrogen-bond acceptors (Lipinski definition) is 4. The van der Waals surface area contributed by atoms with Gasteiger partial charge < -0.3 is 15.0 Å². The molecule has 1 saturated heterocycles. The van der Waals surface area contributed by atoms with Crippen molar-refractivity contribution in [1.82, 2.24) is 14.7 Å². The Hall–Kier alpha value is -2.83. The van der Waals surface area contributed by atoms with Crippen LogP contribution in [0.25, 0.3) is 0 Å². The third kappa shape index (κ3) is 4.13. The van der Waals surface area contributed by atoms with Crippen LogP contribution in [0.2, 0.25) is 0 Å². The van der Waals surface area contributed by atoms with Crippen molar-refractivity contribution >= 4 is 17.5 Å². The van der Waals surface area contributed by atoms with Gasteiger partial charge in [0.1, 0.15) is 11.8 Å². The third-order valence-electron chi connectivity index (χ3n) is 4.69. The second-order valence-electron chi connectivity index (χ2n) is 7.72. The van der Waals surface area contributed by atoms with Gasteiger partial charge in [-0.3, -0.25) is 14.3 Å². The van der Waals surface area contributed by atoms with Crippen molar-refractivity contribution in [1.29, 1.82) is 0 Å². The van der Waals surface area contributed by atoms with Gasteiger partial charge in [-0.25, -0.2) is 0 Å². The van der Waals surface area contributed by atoms with Crippen LogP contribution >= 0.6 is 0 Å². The van der Waals surface area contributed by atoms with Crippen LogP contribution in [-0.4, -0.2) is 46.2 Å². The molecule has 7 heteroatoms. The quantitative estimate of drug-likeness (QED) is 0.898. The molecule has 2 amide bonds. The van der Waals surface area contributed by atoms with E-state index in [0.29, 0.717) is 24.2 Å². The number of hydrogen-bond donors (Lipinski definition) is 1. The van der Waals surface area contributed by atoms with Crippen LogP contribution in [0.15, 0.2) is 36.7 Å². The molecular formula is C20H26N4O3. The van der Waals surface area contributed by atoms with Crippen molar-refractivity contribution in [3.05, 3.63) is 42.2 Å². The van der Waals surface area contributed by atoms with E-state index in [1.54, 1.807) is 53.4 Å². The fourth-order valence-electron chi connectivity index (χ4n) is 3.15. The highest BCUT2D eigenvalue weighted by Crippen LogP contribution is 2.23. The van der Waals surface area contributed by atoms with Gasteiger partial charge >= 0.3 is 0 Å². The Balaban J connectivity index is 1.71. The number of nitrogens with zero attached hydrogens (tertiary/aromatic N) is 3. The standard InChI is InChI=1S/C20H26N4O3/c1-20(2,3)24-13-14(12-21-24)19(26)23-11-5-6-17(23)18(25)22-15-7-9-16(27-4)10-8-15/h7-10,12-13,17H,5-6,11H2,1-4H3,(H,22,25)/t17-/m0/s1. The average molecular weight is 370 g/mol. The maximum atomic E-state index is 12.9. The van der Waals surface area contributed by atoms with E-state index in [1.165, 1.54) is 0 Å². The summed E-state index contributed by atoms with van der Waals surface area (Å²) in [5, 5.41) is 7.18. The molecule has 2 heterocycles. The van der Waals surface area contributed by atoms with Crippen LogP contribution in [0.1, 0.15) is 44.0 Å². The number of likely N-dealkylation sites (tertiary alicyclic amines) is 1. The lowest BCUT2D eigenvalue weighted by Crippen LogP contribution is -2.43. The summed E-state index contributed by atoms with van der Waals surface area (Å²) in [6, 6.07) is 6.66. The van der Waals surface area contributed by atoms with E-state index in [1.807, 2.05) is 20.8 Å². The van der Waals surface area contributed by atoms with Gasteiger partial charge in [-0.2, -0.15) is 5.10 Å². The van der Waals surface area contributed by atoms with E-state index in [4.69, 9.17) is 4.74 Å². The van der Waals surface area contributed by atoms with Crippen LogP contribution in [-0.2, 0) is 10.3 Å². The zero-order valence-corrected chi connectivity index (χ0v) is 16.2. The summed E-state index contributed by atoms with van der Waals surface area (Å²) in [6.07, 6.45) is 4.78. The molecule has 2 aromatic rings. The lowest BCUT2D eigenvalue weighted by molar-refractivity contribution is -0.119. The summed E-state index contributed by atoms with van der Waals surface area (Å²) in [7, 11) is 1.59. The minimum absolute atomic E-state index is 0.155. The van der Waals surface area contributed by atoms with Gasteiger partial charge in [0.2, 0.25) is 5.91 Å². The maximum absolute atomic E-state index is 12.9. The molecule has 1 aliphatic heterocycles. The predicted molar refractivity (Wildman–Crippen MR) is 103 cm³/mol. The predicted octanol–water partition coefficient (Wildman–Crippen LogP) is 2.89. The lowest BCUT2D eigenvalue weighted by atomic mass is 10.1. The number of anilines is 1. The van der Waals surface area contributed by atoms with Gasteiger partial charge in [0.25, 0.3) is 5.91 Å². The molecule has 1 aromatic heterocycles. The third-order valence-corrected chi connectivity index (χ3v) is 4.69. The molecular weight excluding hydrogens is 344 g/mol. The minimum Gasteiger partial charge on any atom is -0.497 e. The summed E-state index contributed by atoms with van der Waals surface area (Å²) in [5.41, 5.74) is 0.990. The summed E-state index contributed by atoms with van der Waals surface area (Å²) in [6.45, 7) is 6.64. The number of aromatic nitrogens is 2. The Bertz CT molecular complexity index is 820. The summed E-state index contributed by atoms with van der Waals surface area (Å²) in [5.74, 6) is 0.397. The van der Waals surface area contributed by atoms with Gasteiger partial charge in [0.05, 0.1) is 24.4 Å². The molecule has 1 atom stereocenters. The molecule has 0 bridgehead atoms. The number of benzene rings is 1. The molecule has 0 aliphatic carbocycles. The van der Waals surface area contributed by atoms with Gasteiger partial charge in [-0.1, -0.05) is 0 Å². The van der Waals surface area contributed by atoms with Crippen LogP contribution in [0.3, 0.4) is 0 Å². The summed E-state index contributed by atoms with van der Waals surface area (Å²) in [4.78, 5) is 27.3. The number of amides is 2. The number of rotatable bonds is 4. The van der Waals surface area contributed by atoms with Crippen LogP contribution < -0.4 is 10.1 Å². The fraction of sp³-hybridized carbons (Fsp3) is 0.450. The highest BCUT2D eigenvalue weighted by molar-refractivity contribution is 6.01. The zero-order valence-electron chi connectivity index (χ0n) is 16.2. The number of carbonyl (C=O) groups is 2. The fourth-order valence-corrected chi connectivity index (χ4v) is 3.15. The van der Waals surface area contributed by atoms with Gasteiger partial charge in [0.15, 0.2) is 0 Å². The Morgan fingerprint density at radius 2 is 1.93 bits per heavy atom. The van der Waals surface area contributed by atoms with Crippen molar-refractivity contribution in [3.8, 4) is 5.75 Å². The topological polar surface area (TPSA) is 76.5 Å². The smallest absolute Gasteiger partial charge is 0.257 e. The molecule has 144 valence electrons. The first-order chi connectivity index (χ1) is 12.8. The summed E-state index contributed by atoms with van der Waals surface area (Å²) < 4.78 is 6.89. The molecule has 0 radical (unpaired) electrons. The maximum Gasteiger partial charge on any atom is 0.257 e. The number of methoxy groups -OCH3 is 1. The Morgan fingerprint density at radius 3 is 2.52 bits per heavy atom. The second-order valence-corrected chi connectivity index (χ2v) is 7.72. The van der Waals surface area contributed by atoms with Crippen molar-refractivity contribution in [2.75, 3.05) is 19.0 Å². The van der Waals surface area contributed by atoms with E-state index in [2.05, 4.69) is 10.4 Å². The molecule has 1 N–H and O–H groups in total. The van der Waals surface area contributed by atoms with Crippen LogP contribution in [0, 0.1) is 0 Å². The van der Waals surface area contributed by atoms with Crippen molar-refractivity contribution < 1.29 is 14.3 Å². The van der Waals surface area contributed by atoms with E-state index in [-0.39, 0.29) is 17.4 Å². The molecule has 3 rings (SSSR count). The van der Waals surface area contributed by atoms with Gasteiger partial charge in [-0.05, 0) is 57.9 Å². The first kappa shape index (κ1) is 18.9. The van der Waals surface area contributed by atoms with Crippen molar-refractivity contribution in [3.63, 3.8) is 0 Å². The monoisotopic (exact) mass is 370 g/mol. The van der Waals surface area contributed by atoms with E-state index in [0.717, 1.165) is 12.2 Å². The van der Waals surface area contributed by atoms with Crippen molar-refractivity contribution in [2.45, 2.75) is 45.2 Å². The normalized spacial score (nSPS) is 17.0. The zero-order chi connectivity index (χ0) is 19.6. The molecule has 0 saturated carbocycles. The minimum atomic E-state index is -0.474. The van der Waals surface area contributed by atoms with Crippen molar-refractivity contribution in [2.24, 2.45) is 0 Å². The van der Waals surface area contributed by atoms with E-state index in [9.17, 15) is 9.59 Å². The summed E-state index contributed by atoms with van der Waals surface area (Å²) >= 11 is 0. The molecule has 1 aliphatic rings. The number of nitrogens with one attached hydrogen (secondary N) is 1. The van der Waals surface area contributed by atoms with E-state index < -0.39 is 6.04 Å². The first-order valence-electron chi connectivity index (χ1n) is 9.10. The molecule has 1 aromatic carbocycles. The molecule has 7 nitrogen and oxygen atoms in total. The molecule has 0 spiro atoms. The molecule has 1 fully saturated rings. The lowest BCUT2D eigenvalue weighted by Gasteiger charge is -2.23. The Morgan fingerprint density at radius 1 is 1.22 bits per heavy atom. The van der Waals surface area contributed by atoms with E-state index >= 15 is 0 Å². The Labute approximate surface area is 159 Å². The highest BCUT2D eigenvalue weighted by atomic mass is 16.5. The molecule has 0 unspecified atom stereocenters. The SMILES string of the molecule is COc1ccc(NC(=O)[C@@H]2CCCN2C(=O)c2cnn(C(C)(C)C)c2)cc1. The first-order valence-corrected chi connectivity index (χ1v) is 9.10. The number of carbonyl (C=O) groups excluding carboxylic acids is 2. The number of ether oxygens (including phenoxy) is 1. The average Bonchev–Trinajstić information content (AvgIpc) is 3.31. The second kappa shape index (κ2) is 7.42. The highest BCUT2D eigenvalue weighted by Gasteiger charge is 2.35. The molecule has 27 heavy (non-hydrogen) atoms. The van der Waals surface area contributed by atoms with Crippen LogP contribution in [0.4, 0.5) is 5.69 Å².